The number of hydrogen-bond acceptors (Lipinski definition) is 3. The molecule has 0 aliphatic carbocycles. The molecule has 108 valence electrons. The van der Waals surface area contributed by atoms with Gasteiger partial charge in [0.25, 0.3) is 0 Å². The molecule has 4 nitrogen and oxygen atoms in total. The Balaban J connectivity index is 2.07. The zero-order valence-electron chi connectivity index (χ0n) is 12.5. The summed E-state index contributed by atoms with van der Waals surface area (Å²) < 4.78 is 7.36. The molecule has 20 heavy (non-hydrogen) atoms. The summed E-state index contributed by atoms with van der Waals surface area (Å²) in [5.41, 5.74) is 2.54. The zero-order chi connectivity index (χ0) is 14.4. The third-order valence-electron chi connectivity index (χ3n) is 3.31. The van der Waals surface area contributed by atoms with Crippen molar-refractivity contribution in [3.63, 3.8) is 0 Å². The van der Waals surface area contributed by atoms with Gasteiger partial charge < -0.3 is 9.64 Å². The third-order valence-corrected chi connectivity index (χ3v) is 3.31. The molecule has 0 spiro atoms. The molecule has 2 aromatic rings. The van der Waals surface area contributed by atoms with Crippen LogP contribution in [0.2, 0.25) is 0 Å². The van der Waals surface area contributed by atoms with Crippen LogP contribution in [0.4, 0.5) is 0 Å². The largest absolute Gasteiger partial charge is 0.496 e. The van der Waals surface area contributed by atoms with Gasteiger partial charge in [-0.3, -0.25) is 4.68 Å². The number of ether oxygens (including phenoxy) is 1. The fraction of sp³-hybridized carbons (Fsp3) is 0.438. The highest BCUT2D eigenvalue weighted by Gasteiger charge is 2.06. The first-order valence-corrected chi connectivity index (χ1v) is 6.97. The topological polar surface area (TPSA) is 30.3 Å². The van der Waals surface area contributed by atoms with E-state index in [2.05, 4.69) is 42.3 Å². The van der Waals surface area contributed by atoms with Crippen molar-refractivity contribution >= 4 is 0 Å². The van der Waals surface area contributed by atoms with Gasteiger partial charge in [-0.05, 0) is 51.2 Å². The van der Waals surface area contributed by atoms with Crippen molar-refractivity contribution in [2.75, 3.05) is 27.7 Å². The summed E-state index contributed by atoms with van der Waals surface area (Å²) in [7, 11) is 5.93. The Hall–Kier alpha value is -1.81. The first-order chi connectivity index (χ1) is 9.69. The number of aromatic nitrogens is 2. The molecule has 0 atom stereocenters. The first-order valence-electron chi connectivity index (χ1n) is 6.97. The Bertz CT molecular complexity index is 521. The van der Waals surface area contributed by atoms with Crippen molar-refractivity contribution in [2.24, 2.45) is 0 Å². The molecule has 0 saturated heterocycles. The van der Waals surface area contributed by atoms with Gasteiger partial charge in [0.05, 0.1) is 13.7 Å². The number of nitrogens with zero attached hydrogens (tertiary/aromatic N) is 3. The molecule has 0 bridgehead atoms. The molecule has 0 saturated carbocycles. The van der Waals surface area contributed by atoms with Crippen LogP contribution < -0.4 is 4.74 Å². The van der Waals surface area contributed by atoms with E-state index < -0.39 is 0 Å². The van der Waals surface area contributed by atoms with Crippen molar-refractivity contribution in [3.8, 4) is 5.75 Å². The van der Waals surface area contributed by atoms with Gasteiger partial charge in [-0.2, -0.15) is 5.10 Å². The van der Waals surface area contributed by atoms with Crippen molar-refractivity contribution < 1.29 is 4.74 Å². The van der Waals surface area contributed by atoms with Gasteiger partial charge in [-0.25, -0.2) is 0 Å². The van der Waals surface area contributed by atoms with Crippen molar-refractivity contribution in [3.05, 3.63) is 47.8 Å². The summed E-state index contributed by atoms with van der Waals surface area (Å²) in [4.78, 5) is 2.22. The molecule has 0 fully saturated rings. The predicted molar refractivity (Wildman–Crippen MR) is 81.2 cm³/mol. The monoisotopic (exact) mass is 273 g/mol. The molecule has 2 rings (SSSR count). The normalized spacial score (nSPS) is 11.0. The second kappa shape index (κ2) is 7.10. The molecule has 1 aromatic heterocycles. The maximum Gasteiger partial charge on any atom is 0.123 e. The molecule has 1 aromatic carbocycles. The number of rotatable bonds is 7. The number of aryl methyl sites for hydroxylation is 1. The lowest BCUT2D eigenvalue weighted by atomic mass is 10.1. The Kier molecular flexibility index (Phi) is 5.18. The fourth-order valence-electron chi connectivity index (χ4n) is 2.28. The second-order valence-electron chi connectivity index (χ2n) is 5.26. The van der Waals surface area contributed by atoms with E-state index in [0.717, 1.165) is 25.3 Å². The summed E-state index contributed by atoms with van der Waals surface area (Å²) in [6, 6.07) is 8.38. The van der Waals surface area contributed by atoms with Crippen LogP contribution in [-0.4, -0.2) is 42.4 Å². The second-order valence-corrected chi connectivity index (χ2v) is 5.26. The van der Waals surface area contributed by atoms with Crippen LogP contribution in [0.1, 0.15) is 17.5 Å². The van der Waals surface area contributed by atoms with E-state index in [4.69, 9.17) is 4.74 Å². The van der Waals surface area contributed by atoms with Gasteiger partial charge in [-0.1, -0.05) is 12.1 Å². The Morgan fingerprint density at radius 3 is 2.80 bits per heavy atom. The molecular weight excluding hydrogens is 250 g/mol. The number of methoxy groups -OCH3 is 1. The van der Waals surface area contributed by atoms with Crippen LogP contribution in [0.25, 0.3) is 0 Å². The SMILES string of the molecule is COc1ccc(CCCN(C)C)cc1Cn1cccn1. The van der Waals surface area contributed by atoms with Crippen LogP contribution in [0, 0.1) is 0 Å². The lowest BCUT2D eigenvalue weighted by Crippen LogP contribution is -2.13. The van der Waals surface area contributed by atoms with E-state index in [1.807, 2.05) is 16.9 Å². The molecule has 0 unspecified atom stereocenters. The maximum absolute atomic E-state index is 5.44. The van der Waals surface area contributed by atoms with Gasteiger partial charge in [0.15, 0.2) is 0 Å². The lowest BCUT2D eigenvalue weighted by Gasteiger charge is -2.12. The van der Waals surface area contributed by atoms with Gasteiger partial charge in [-0.15, -0.1) is 0 Å². The molecule has 0 N–H and O–H groups in total. The first kappa shape index (κ1) is 14.6. The van der Waals surface area contributed by atoms with Gasteiger partial charge in [0.2, 0.25) is 0 Å². The third kappa shape index (κ3) is 4.10. The number of hydrogen-bond donors (Lipinski definition) is 0. The highest BCUT2D eigenvalue weighted by molar-refractivity contribution is 5.37. The van der Waals surface area contributed by atoms with Gasteiger partial charge in [0.1, 0.15) is 5.75 Å². The summed E-state index contributed by atoms with van der Waals surface area (Å²) in [5.74, 6) is 0.928. The Morgan fingerprint density at radius 2 is 2.15 bits per heavy atom. The predicted octanol–water partition coefficient (Wildman–Crippen LogP) is 2.43. The summed E-state index contributed by atoms with van der Waals surface area (Å²) in [5, 5.41) is 4.26. The molecule has 0 aliphatic heterocycles. The fourth-order valence-corrected chi connectivity index (χ4v) is 2.28. The lowest BCUT2D eigenvalue weighted by molar-refractivity contribution is 0.399. The zero-order valence-corrected chi connectivity index (χ0v) is 12.5. The van der Waals surface area contributed by atoms with Crippen molar-refractivity contribution in [2.45, 2.75) is 19.4 Å². The molecular formula is C16H23N3O. The smallest absolute Gasteiger partial charge is 0.123 e. The van der Waals surface area contributed by atoms with E-state index in [-0.39, 0.29) is 0 Å². The van der Waals surface area contributed by atoms with E-state index in [0.29, 0.717) is 0 Å². The summed E-state index contributed by atoms with van der Waals surface area (Å²) >= 11 is 0. The van der Waals surface area contributed by atoms with Gasteiger partial charge >= 0.3 is 0 Å². The highest BCUT2D eigenvalue weighted by Crippen LogP contribution is 2.21. The molecule has 0 amide bonds. The van der Waals surface area contributed by atoms with Crippen molar-refractivity contribution in [1.29, 1.82) is 0 Å². The standard InChI is InChI=1S/C16H23N3O/c1-18(2)10-4-6-14-7-8-16(20-3)15(12-14)13-19-11-5-9-17-19/h5,7-9,11-12H,4,6,10,13H2,1-3H3. The van der Waals surface area contributed by atoms with Crippen LogP contribution in [0.3, 0.4) is 0 Å². The molecule has 0 aliphatic rings. The molecule has 4 heteroatoms. The minimum absolute atomic E-state index is 0.748. The number of benzene rings is 1. The van der Waals surface area contributed by atoms with E-state index in [1.54, 1.807) is 13.3 Å². The highest BCUT2D eigenvalue weighted by atomic mass is 16.5. The van der Waals surface area contributed by atoms with Crippen LogP contribution >= 0.6 is 0 Å². The minimum Gasteiger partial charge on any atom is -0.496 e. The summed E-state index contributed by atoms with van der Waals surface area (Å²) in [6.45, 7) is 1.86. The quantitative estimate of drug-likeness (QED) is 0.776. The van der Waals surface area contributed by atoms with E-state index in [9.17, 15) is 0 Å². The molecule has 1 heterocycles. The Morgan fingerprint density at radius 1 is 1.30 bits per heavy atom. The van der Waals surface area contributed by atoms with Gasteiger partial charge in [0, 0.05) is 18.0 Å². The van der Waals surface area contributed by atoms with E-state index >= 15 is 0 Å². The maximum atomic E-state index is 5.44. The van der Waals surface area contributed by atoms with Crippen LogP contribution in [-0.2, 0) is 13.0 Å². The van der Waals surface area contributed by atoms with E-state index in [1.165, 1.54) is 17.5 Å². The average molecular weight is 273 g/mol. The van der Waals surface area contributed by atoms with Crippen LogP contribution in [0.15, 0.2) is 36.7 Å². The average Bonchev–Trinajstić information content (AvgIpc) is 2.91. The van der Waals surface area contributed by atoms with Crippen molar-refractivity contribution in [1.82, 2.24) is 14.7 Å². The molecule has 0 radical (unpaired) electrons. The van der Waals surface area contributed by atoms with Crippen LogP contribution in [0.5, 0.6) is 5.75 Å². The summed E-state index contributed by atoms with van der Waals surface area (Å²) in [6.07, 6.45) is 6.03. The Labute approximate surface area is 121 Å². The minimum atomic E-state index is 0.748.